The number of rotatable bonds is 4. The van der Waals surface area contributed by atoms with E-state index in [1.54, 1.807) is 48.9 Å². The lowest BCUT2D eigenvalue weighted by Crippen LogP contribution is -2.10. The monoisotopic (exact) mass is 340 g/mol. The molecule has 1 aromatic heterocycles. The van der Waals surface area contributed by atoms with Gasteiger partial charge < -0.3 is 9.17 Å². The number of aromatic amines is 1. The molecule has 6 heteroatoms. The number of fused-ring (bicyclic) bond motifs is 1. The second kappa shape index (κ2) is 5.79. The maximum absolute atomic E-state index is 12.5. The fraction of sp³-hybridized carbons (Fsp3) is 0.167. The van der Waals surface area contributed by atoms with Crippen molar-refractivity contribution in [3.05, 3.63) is 66.1 Å². The Morgan fingerprint density at radius 3 is 2.54 bits per heavy atom. The van der Waals surface area contributed by atoms with Crippen molar-refractivity contribution in [3.8, 4) is 17.0 Å². The number of hydrogen-bond acceptors (Lipinski definition) is 4. The fourth-order valence-electron chi connectivity index (χ4n) is 2.98. The molecule has 1 N–H and O–H groups in total. The van der Waals surface area contributed by atoms with Gasteiger partial charge in [0.15, 0.2) is 0 Å². The summed E-state index contributed by atoms with van der Waals surface area (Å²) in [7, 11) is -3.82. The van der Waals surface area contributed by atoms with Gasteiger partial charge in [-0.1, -0.05) is 6.07 Å². The molecule has 0 amide bonds. The van der Waals surface area contributed by atoms with Gasteiger partial charge in [0.25, 0.3) is 0 Å². The highest BCUT2D eigenvalue weighted by atomic mass is 32.2. The van der Waals surface area contributed by atoms with Gasteiger partial charge in [0.05, 0.1) is 18.2 Å². The van der Waals surface area contributed by atoms with Gasteiger partial charge in [0, 0.05) is 0 Å². The normalized spacial score (nSPS) is 13.7. The van der Waals surface area contributed by atoms with E-state index in [0.717, 1.165) is 36.1 Å². The molecule has 122 valence electrons. The fourth-order valence-corrected chi connectivity index (χ4v) is 3.96. The van der Waals surface area contributed by atoms with Gasteiger partial charge in [0.2, 0.25) is 0 Å². The van der Waals surface area contributed by atoms with Crippen LogP contribution in [-0.4, -0.2) is 18.4 Å². The van der Waals surface area contributed by atoms with E-state index in [4.69, 9.17) is 4.18 Å². The van der Waals surface area contributed by atoms with Crippen LogP contribution in [0.5, 0.6) is 5.75 Å². The Hall–Kier alpha value is -2.60. The van der Waals surface area contributed by atoms with Crippen LogP contribution < -0.4 is 4.18 Å². The summed E-state index contributed by atoms with van der Waals surface area (Å²) in [5, 5.41) is 0. The van der Waals surface area contributed by atoms with Crippen LogP contribution in [0, 0.1) is 0 Å². The molecule has 3 aromatic rings. The third-order valence-corrected chi connectivity index (χ3v) is 5.47. The molecule has 0 radical (unpaired) electrons. The van der Waals surface area contributed by atoms with Gasteiger partial charge in [-0.2, -0.15) is 8.42 Å². The van der Waals surface area contributed by atoms with E-state index in [-0.39, 0.29) is 4.90 Å². The first-order valence-corrected chi connectivity index (χ1v) is 9.18. The van der Waals surface area contributed by atoms with E-state index in [0.29, 0.717) is 5.75 Å². The standard InChI is InChI=1S/C18H16N2O3S/c21-24(22,17-9-6-13-2-1-3-15(13)10-17)23-16-7-4-14(5-8-16)18-11-19-12-20-18/h4-12H,1-3H2,(H,19,20). The van der Waals surface area contributed by atoms with E-state index >= 15 is 0 Å². The Kier molecular flexibility index (Phi) is 3.61. The van der Waals surface area contributed by atoms with Crippen molar-refractivity contribution in [1.29, 1.82) is 0 Å². The molecule has 5 nitrogen and oxygen atoms in total. The first kappa shape index (κ1) is 15.0. The molecule has 1 heterocycles. The van der Waals surface area contributed by atoms with E-state index in [9.17, 15) is 8.42 Å². The molecule has 0 atom stereocenters. The third-order valence-electron chi connectivity index (χ3n) is 4.23. The highest BCUT2D eigenvalue weighted by Crippen LogP contribution is 2.27. The summed E-state index contributed by atoms with van der Waals surface area (Å²) >= 11 is 0. The molecule has 4 rings (SSSR count). The molecule has 0 aliphatic heterocycles. The Labute approximate surface area is 140 Å². The summed E-state index contributed by atoms with van der Waals surface area (Å²) < 4.78 is 30.2. The molecule has 0 saturated heterocycles. The molecular weight excluding hydrogens is 324 g/mol. The highest BCUT2D eigenvalue weighted by molar-refractivity contribution is 7.87. The first-order valence-electron chi connectivity index (χ1n) is 7.77. The summed E-state index contributed by atoms with van der Waals surface area (Å²) in [6.07, 6.45) is 6.33. The second-order valence-electron chi connectivity index (χ2n) is 5.81. The second-order valence-corrected chi connectivity index (χ2v) is 7.36. The van der Waals surface area contributed by atoms with E-state index in [1.807, 2.05) is 6.07 Å². The van der Waals surface area contributed by atoms with Crippen LogP contribution in [0.4, 0.5) is 0 Å². The van der Waals surface area contributed by atoms with Gasteiger partial charge in [-0.25, -0.2) is 4.98 Å². The number of nitrogens with zero attached hydrogens (tertiary/aromatic N) is 1. The van der Waals surface area contributed by atoms with Crippen LogP contribution in [-0.2, 0) is 23.0 Å². The van der Waals surface area contributed by atoms with Gasteiger partial charge in [0.1, 0.15) is 10.6 Å². The molecule has 0 saturated carbocycles. The van der Waals surface area contributed by atoms with Crippen molar-refractivity contribution in [2.45, 2.75) is 24.2 Å². The maximum Gasteiger partial charge on any atom is 0.339 e. The number of nitrogens with one attached hydrogen (secondary N) is 1. The molecule has 0 bridgehead atoms. The minimum absolute atomic E-state index is 0.209. The minimum Gasteiger partial charge on any atom is -0.379 e. The Bertz CT molecular complexity index is 962. The molecule has 0 spiro atoms. The van der Waals surface area contributed by atoms with Crippen LogP contribution >= 0.6 is 0 Å². The zero-order valence-corrected chi connectivity index (χ0v) is 13.7. The van der Waals surface area contributed by atoms with Crippen molar-refractivity contribution in [2.24, 2.45) is 0 Å². The van der Waals surface area contributed by atoms with E-state index < -0.39 is 10.1 Å². The molecule has 1 aliphatic rings. The lowest BCUT2D eigenvalue weighted by Gasteiger charge is -2.09. The van der Waals surface area contributed by atoms with Gasteiger partial charge in [-0.05, 0) is 72.4 Å². The van der Waals surface area contributed by atoms with Gasteiger partial charge in [-0.15, -0.1) is 0 Å². The predicted molar refractivity (Wildman–Crippen MR) is 90.3 cm³/mol. The van der Waals surface area contributed by atoms with Crippen LogP contribution in [0.2, 0.25) is 0 Å². The zero-order chi connectivity index (χ0) is 16.6. The largest absolute Gasteiger partial charge is 0.379 e. The molecule has 1 aliphatic carbocycles. The average Bonchev–Trinajstić information content (AvgIpc) is 3.26. The number of aromatic nitrogens is 2. The topological polar surface area (TPSA) is 72.1 Å². The van der Waals surface area contributed by atoms with E-state index in [1.165, 1.54) is 5.56 Å². The van der Waals surface area contributed by atoms with Crippen molar-refractivity contribution < 1.29 is 12.6 Å². The molecule has 24 heavy (non-hydrogen) atoms. The number of aryl methyl sites for hydroxylation is 2. The molecule has 0 fully saturated rings. The summed E-state index contributed by atoms with van der Waals surface area (Å²) in [6.45, 7) is 0. The molecule has 0 unspecified atom stereocenters. The highest BCUT2D eigenvalue weighted by Gasteiger charge is 2.20. The van der Waals surface area contributed by atoms with Gasteiger partial charge in [-0.3, -0.25) is 0 Å². The van der Waals surface area contributed by atoms with Crippen molar-refractivity contribution in [1.82, 2.24) is 9.97 Å². The quantitative estimate of drug-likeness (QED) is 0.740. The Morgan fingerprint density at radius 2 is 1.79 bits per heavy atom. The molecule has 2 aromatic carbocycles. The van der Waals surface area contributed by atoms with Crippen molar-refractivity contribution in [3.63, 3.8) is 0 Å². The van der Waals surface area contributed by atoms with Gasteiger partial charge >= 0.3 is 10.1 Å². The van der Waals surface area contributed by atoms with Crippen LogP contribution in [0.25, 0.3) is 11.3 Å². The van der Waals surface area contributed by atoms with Crippen molar-refractivity contribution in [2.75, 3.05) is 0 Å². The number of hydrogen-bond donors (Lipinski definition) is 1. The zero-order valence-electron chi connectivity index (χ0n) is 12.9. The summed E-state index contributed by atoms with van der Waals surface area (Å²) in [5.41, 5.74) is 4.12. The third kappa shape index (κ3) is 2.80. The van der Waals surface area contributed by atoms with Crippen LogP contribution in [0.15, 0.2) is 59.9 Å². The minimum atomic E-state index is -3.82. The van der Waals surface area contributed by atoms with Crippen LogP contribution in [0.3, 0.4) is 0 Å². The lowest BCUT2D eigenvalue weighted by atomic mass is 10.1. The summed E-state index contributed by atoms with van der Waals surface area (Å²) in [5.74, 6) is 0.291. The van der Waals surface area contributed by atoms with Crippen LogP contribution in [0.1, 0.15) is 17.5 Å². The first-order chi connectivity index (χ1) is 11.6. The molecular formula is C18H16N2O3S. The maximum atomic E-state index is 12.5. The Morgan fingerprint density at radius 1 is 1.00 bits per heavy atom. The predicted octanol–water partition coefficient (Wildman–Crippen LogP) is 3.33. The average molecular weight is 340 g/mol. The SMILES string of the molecule is O=S(=O)(Oc1ccc(-c2cnc[nH]2)cc1)c1ccc2c(c1)CCC2. The lowest BCUT2D eigenvalue weighted by molar-refractivity contribution is 0.486. The summed E-state index contributed by atoms with van der Waals surface area (Å²) in [4.78, 5) is 7.18. The number of imidazole rings is 1. The van der Waals surface area contributed by atoms with Crippen molar-refractivity contribution >= 4 is 10.1 Å². The number of benzene rings is 2. The smallest absolute Gasteiger partial charge is 0.339 e. The van der Waals surface area contributed by atoms with E-state index in [2.05, 4.69) is 9.97 Å². The number of H-pyrrole nitrogens is 1. The summed E-state index contributed by atoms with van der Waals surface area (Å²) in [6, 6.07) is 12.1. The Balaban J connectivity index is 1.57.